The minimum absolute atomic E-state index is 0.0177. The maximum atomic E-state index is 15.4. The molecule has 12 nitrogen and oxygen atoms in total. The number of aliphatic carboxylic acids is 2. The summed E-state index contributed by atoms with van der Waals surface area (Å²) in [5.41, 5.74) is 2.66. The fourth-order valence-corrected chi connectivity index (χ4v) is 4.94. The molecule has 0 spiro atoms. The molecule has 2 aromatic rings. The van der Waals surface area contributed by atoms with E-state index in [1.165, 1.54) is 19.1 Å². The number of benzene rings is 2. The molecule has 13 heteroatoms. The van der Waals surface area contributed by atoms with E-state index >= 15 is 4.39 Å². The van der Waals surface area contributed by atoms with E-state index in [0.717, 1.165) is 11.1 Å². The van der Waals surface area contributed by atoms with Gasteiger partial charge in [-0.3, -0.25) is 19.2 Å². The third-order valence-corrected chi connectivity index (χ3v) is 7.12. The van der Waals surface area contributed by atoms with E-state index in [9.17, 15) is 19.2 Å². The molecule has 42 heavy (non-hydrogen) atoms. The maximum Gasteiger partial charge on any atom is 0.303 e. The second-order valence-corrected chi connectivity index (χ2v) is 9.97. The summed E-state index contributed by atoms with van der Waals surface area (Å²) in [6, 6.07) is 5.22. The molecule has 2 N–H and O–H groups in total. The number of hydrogen-bond acceptors (Lipinski definition) is 8. The molecule has 0 unspecified atom stereocenters. The van der Waals surface area contributed by atoms with Crippen LogP contribution in [-0.4, -0.2) is 71.2 Å². The zero-order valence-electron chi connectivity index (χ0n) is 23.4. The van der Waals surface area contributed by atoms with Crippen molar-refractivity contribution < 1.29 is 52.7 Å². The van der Waals surface area contributed by atoms with Gasteiger partial charge in [-0.25, -0.2) is 4.39 Å². The van der Waals surface area contributed by atoms with Crippen LogP contribution in [0.5, 0.6) is 23.0 Å². The number of carbonyl (C=O) groups is 4. The third kappa shape index (κ3) is 7.01. The summed E-state index contributed by atoms with van der Waals surface area (Å²) in [5.74, 6) is -2.24. The third-order valence-electron chi connectivity index (χ3n) is 7.12. The number of methoxy groups -OCH3 is 2. The van der Waals surface area contributed by atoms with Crippen LogP contribution in [0.2, 0.25) is 0 Å². The average Bonchev–Trinajstić information content (AvgIpc) is 3.59. The molecule has 2 aliphatic heterocycles. The lowest BCUT2D eigenvalue weighted by Gasteiger charge is -2.15. The van der Waals surface area contributed by atoms with Crippen molar-refractivity contribution in [1.29, 1.82) is 0 Å². The van der Waals surface area contributed by atoms with Crippen LogP contribution >= 0.6 is 0 Å². The molecule has 0 atom stereocenters. The van der Waals surface area contributed by atoms with Gasteiger partial charge in [0.05, 0.1) is 40.3 Å². The Hall–Kier alpha value is -4.55. The molecule has 2 aliphatic rings. The predicted octanol–water partition coefficient (Wildman–Crippen LogP) is 3.10. The van der Waals surface area contributed by atoms with Gasteiger partial charge in [0.15, 0.2) is 28.8 Å². The average molecular weight is 589 g/mol. The van der Waals surface area contributed by atoms with E-state index in [0.29, 0.717) is 42.1 Å². The monoisotopic (exact) mass is 588 g/mol. The van der Waals surface area contributed by atoms with E-state index in [2.05, 4.69) is 0 Å². The molecule has 226 valence electrons. The van der Waals surface area contributed by atoms with Crippen LogP contribution in [0, 0.1) is 5.82 Å². The van der Waals surface area contributed by atoms with Crippen LogP contribution < -0.4 is 18.9 Å². The Morgan fingerprint density at radius 2 is 1.21 bits per heavy atom. The highest BCUT2D eigenvalue weighted by Crippen LogP contribution is 2.39. The summed E-state index contributed by atoms with van der Waals surface area (Å²) in [7, 11) is 2.90. The van der Waals surface area contributed by atoms with E-state index in [4.69, 9.17) is 29.2 Å². The summed E-state index contributed by atoms with van der Waals surface area (Å²) in [4.78, 5) is 49.3. The zero-order chi connectivity index (χ0) is 30.4. The van der Waals surface area contributed by atoms with Gasteiger partial charge in [-0.05, 0) is 34.9 Å². The summed E-state index contributed by atoms with van der Waals surface area (Å²) < 4.78 is 37.8. The molecule has 0 saturated carbocycles. The number of ether oxygens (including phenoxy) is 4. The normalized spacial score (nSPS) is 13.4. The number of rotatable bonds is 14. The molecule has 2 aromatic carbocycles. The largest absolute Gasteiger partial charge is 0.493 e. The molecule has 2 amide bonds. The molecule has 0 aromatic heterocycles. The molecule has 4 rings (SSSR count). The lowest BCUT2D eigenvalue weighted by molar-refractivity contribution is -0.141. The van der Waals surface area contributed by atoms with Gasteiger partial charge in [-0.2, -0.15) is 0 Å². The highest BCUT2D eigenvalue weighted by molar-refractivity contribution is 5.82. The lowest BCUT2D eigenvalue weighted by atomic mass is 10.1. The van der Waals surface area contributed by atoms with Crippen LogP contribution in [0.4, 0.5) is 4.39 Å². The van der Waals surface area contributed by atoms with E-state index in [1.54, 1.807) is 23.1 Å². The van der Waals surface area contributed by atoms with Gasteiger partial charge >= 0.3 is 11.9 Å². The first-order valence-electron chi connectivity index (χ1n) is 13.4. The summed E-state index contributed by atoms with van der Waals surface area (Å²) in [5, 5.41) is 17.7. The summed E-state index contributed by atoms with van der Waals surface area (Å²) in [6.45, 7) is 1.21. The Kier molecular flexibility index (Phi) is 9.71. The molecule has 0 radical (unpaired) electrons. The molecular weight excluding hydrogens is 555 g/mol. The van der Waals surface area contributed by atoms with Crippen LogP contribution in [0.15, 0.2) is 18.2 Å². The molecule has 0 saturated heterocycles. The quantitative estimate of drug-likeness (QED) is 0.315. The number of nitrogens with zero attached hydrogens (tertiary/aromatic N) is 2. The highest BCUT2D eigenvalue weighted by Gasteiger charge is 2.30. The first-order valence-corrected chi connectivity index (χ1v) is 13.4. The Balaban J connectivity index is 1.32. The van der Waals surface area contributed by atoms with Crippen LogP contribution in [0.1, 0.15) is 54.4 Å². The number of carboxylic acids is 2. The van der Waals surface area contributed by atoms with Crippen molar-refractivity contribution in [3.05, 3.63) is 46.3 Å². The standard InChI is InChI=1S/C29H33FN2O10/c1-39-21-10-17-13-31(24(33)4-6-26(35)36)14-18(17)11-22(21)41-8-3-9-42-29-23(40-2)12-19-15-32(16-20(19)28(29)30)25(34)5-7-27(37)38/h10-12H,3-9,13-16H2,1-2H3,(H,35,36)(H,37,38). The number of hydrogen-bond donors (Lipinski definition) is 2. The van der Waals surface area contributed by atoms with Crippen molar-refractivity contribution in [3.8, 4) is 23.0 Å². The number of carboxylic acid groups (broad SMARTS) is 2. The predicted molar refractivity (Wildman–Crippen MR) is 144 cm³/mol. The number of carbonyl (C=O) groups excluding carboxylic acids is 2. The van der Waals surface area contributed by atoms with Crippen LogP contribution in [0.25, 0.3) is 0 Å². The minimum atomic E-state index is -1.07. The van der Waals surface area contributed by atoms with Crippen LogP contribution in [-0.2, 0) is 45.4 Å². The smallest absolute Gasteiger partial charge is 0.303 e. The Morgan fingerprint density at radius 3 is 1.79 bits per heavy atom. The molecule has 0 bridgehead atoms. The Bertz CT molecular complexity index is 1380. The van der Waals surface area contributed by atoms with Gasteiger partial charge in [0.25, 0.3) is 0 Å². The highest BCUT2D eigenvalue weighted by atomic mass is 19.1. The molecule has 0 aliphatic carbocycles. The molecule has 0 fully saturated rings. The molecular formula is C29H33FN2O10. The maximum absolute atomic E-state index is 15.4. The number of halogens is 1. The first-order chi connectivity index (χ1) is 20.1. The van der Waals surface area contributed by atoms with Crippen molar-refractivity contribution >= 4 is 23.8 Å². The van der Waals surface area contributed by atoms with Gasteiger partial charge in [-0.15, -0.1) is 0 Å². The van der Waals surface area contributed by atoms with E-state index in [1.807, 2.05) is 0 Å². The van der Waals surface area contributed by atoms with Crippen molar-refractivity contribution in [2.75, 3.05) is 27.4 Å². The topological polar surface area (TPSA) is 152 Å². The van der Waals surface area contributed by atoms with Crippen molar-refractivity contribution in [3.63, 3.8) is 0 Å². The number of amides is 2. The first kappa shape index (κ1) is 30.4. The molecule has 2 heterocycles. The van der Waals surface area contributed by atoms with Gasteiger partial charge < -0.3 is 39.0 Å². The zero-order valence-corrected chi connectivity index (χ0v) is 23.4. The summed E-state index contributed by atoms with van der Waals surface area (Å²) in [6.07, 6.45) is -0.358. The Labute approximate surface area is 241 Å². The van der Waals surface area contributed by atoms with Crippen molar-refractivity contribution in [1.82, 2.24) is 9.80 Å². The fourth-order valence-electron chi connectivity index (χ4n) is 4.94. The van der Waals surface area contributed by atoms with Gasteiger partial charge in [0.2, 0.25) is 11.8 Å². The van der Waals surface area contributed by atoms with Gasteiger partial charge in [-0.1, -0.05) is 0 Å². The second-order valence-electron chi connectivity index (χ2n) is 9.97. The summed E-state index contributed by atoms with van der Waals surface area (Å²) >= 11 is 0. The van der Waals surface area contributed by atoms with Gasteiger partial charge in [0, 0.05) is 51.0 Å². The minimum Gasteiger partial charge on any atom is -0.493 e. The van der Waals surface area contributed by atoms with Crippen molar-refractivity contribution in [2.24, 2.45) is 0 Å². The SMILES string of the molecule is COc1cc2c(cc1OCCCOc1c(OC)cc3c(c1F)CN(C(=O)CCC(=O)O)C3)CN(C(=O)CCC(=O)O)C2. The fraction of sp³-hybridized carbons (Fsp3) is 0.448. The van der Waals surface area contributed by atoms with Crippen molar-refractivity contribution in [2.45, 2.75) is 58.3 Å². The number of fused-ring (bicyclic) bond motifs is 2. The van der Waals surface area contributed by atoms with E-state index < -0.39 is 17.8 Å². The Morgan fingerprint density at radius 1 is 0.714 bits per heavy atom. The van der Waals surface area contributed by atoms with Crippen LogP contribution in [0.3, 0.4) is 0 Å². The second kappa shape index (κ2) is 13.4. The van der Waals surface area contributed by atoms with E-state index in [-0.39, 0.29) is 75.3 Å². The lowest BCUT2D eigenvalue weighted by Crippen LogP contribution is -2.25. The van der Waals surface area contributed by atoms with Gasteiger partial charge in [0.1, 0.15) is 0 Å².